The molecule has 10 nitrogen and oxygen atoms in total. The Hall–Kier alpha value is -4.28. The predicted octanol–water partition coefficient (Wildman–Crippen LogP) is 3.97. The highest BCUT2D eigenvalue weighted by molar-refractivity contribution is 5.82. The fraction of sp³-hybridized carbons (Fsp3) is 0.355. The van der Waals surface area contributed by atoms with Crippen LogP contribution in [0.15, 0.2) is 61.1 Å². The molecule has 216 valence electrons. The van der Waals surface area contributed by atoms with E-state index >= 15 is 0 Å². The van der Waals surface area contributed by atoms with Crippen LogP contribution in [0.25, 0.3) is 11.4 Å². The molecule has 0 saturated heterocycles. The maximum atomic E-state index is 12.2. The fourth-order valence-electron chi connectivity index (χ4n) is 4.51. The Kier molecular flexibility index (Phi) is 10.4. The number of rotatable bonds is 14. The van der Waals surface area contributed by atoms with Crippen molar-refractivity contribution in [2.45, 2.75) is 53.0 Å². The average Bonchev–Trinajstić information content (AvgIpc) is 3.47. The van der Waals surface area contributed by atoms with Gasteiger partial charge in [-0.3, -0.25) is 14.8 Å². The molecule has 3 aromatic heterocycles. The lowest BCUT2D eigenvalue weighted by Gasteiger charge is -2.27. The number of hydrogen-bond donors (Lipinski definition) is 3. The highest BCUT2D eigenvalue weighted by atomic mass is 16.5. The van der Waals surface area contributed by atoms with Crippen LogP contribution in [-0.4, -0.2) is 58.5 Å². The normalized spacial score (nSPS) is 13.5. The maximum Gasteiger partial charge on any atom is 0.228 e. The molecule has 0 radical (unpaired) electrons. The van der Waals surface area contributed by atoms with Crippen molar-refractivity contribution in [3.05, 3.63) is 89.2 Å². The molecule has 4 heterocycles. The molecule has 1 aliphatic heterocycles. The molecule has 0 bridgehead atoms. The number of carbonyl (C=O) groups excluding carboxylic acids is 1. The van der Waals surface area contributed by atoms with E-state index in [0.29, 0.717) is 18.6 Å². The average molecular weight is 558 g/mol. The summed E-state index contributed by atoms with van der Waals surface area (Å²) in [5.41, 5.74) is 8.92. The molecule has 4 rings (SSSR count). The standard InChI is InChI=1S/C31H39N7O3/c1-21(2)37-26(10-15-32-5)29-23(8-6-13-33-29)20-41-31-25(18-39)28(12-16-35-31)40-19-24-9-7-14-34-30(24)27-11-17-36-38(27)22(3)4/h6-14,16,18,21-22,32,36-37H,15,17,19-20H2,1-5H3/b26-10-. The third-order valence-electron chi connectivity index (χ3n) is 6.35. The predicted molar refractivity (Wildman–Crippen MR) is 160 cm³/mol. The summed E-state index contributed by atoms with van der Waals surface area (Å²) in [7, 11) is 1.90. The summed E-state index contributed by atoms with van der Waals surface area (Å²) in [6, 6.07) is 9.83. The van der Waals surface area contributed by atoms with Crippen LogP contribution in [0.2, 0.25) is 0 Å². The van der Waals surface area contributed by atoms with Crippen molar-refractivity contribution in [1.82, 2.24) is 36.0 Å². The molecule has 0 saturated carbocycles. The quantitative estimate of drug-likeness (QED) is 0.252. The highest BCUT2D eigenvalue weighted by Gasteiger charge is 2.23. The van der Waals surface area contributed by atoms with Crippen LogP contribution >= 0.6 is 0 Å². The summed E-state index contributed by atoms with van der Waals surface area (Å²) >= 11 is 0. The van der Waals surface area contributed by atoms with E-state index in [9.17, 15) is 4.79 Å². The second-order valence-corrected chi connectivity index (χ2v) is 10.1. The number of aldehydes is 1. The molecule has 0 fully saturated rings. The summed E-state index contributed by atoms with van der Waals surface area (Å²) in [6.07, 6.45) is 9.99. The molecule has 41 heavy (non-hydrogen) atoms. The number of nitrogens with zero attached hydrogens (tertiary/aromatic N) is 4. The Labute approximate surface area is 241 Å². The first-order valence-electron chi connectivity index (χ1n) is 13.8. The fourth-order valence-corrected chi connectivity index (χ4v) is 4.51. The molecular weight excluding hydrogens is 518 g/mol. The van der Waals surface area contributed by atoms with E-state index in [1.54, 1.807) is 24.7 Å². The largest absolute Gasteiger partial charge is 0.488 e. The summed E-state index contributed by atoms with van der Waals surface area (Å²) in [5, 5.41) is 8.70. The summed E-state index contributed by atoms with van der Waals surface area (Å²) in [6.45, 7) is 10.2. The Morgan fingerprint density at radius 3 is 2.51 bits per heavy atom. The third-order valence-corrected chi connectivity index (χ3v) is 6.35. The molecule has 0 amide bonds. The zero-order valence-electron chi connectivity index (χ0n) is 24.3. The van der Waals surface area contributed by atoms with Crippen LogP contribution in [0.4, 0.5) is 0 Å². The second kappa shape index (κ2) is 14.4. The SMILES string of the molecule is CNC/C=C(\NC(C)C)c1ncccc1COc1nccc(OCc2cccnc2C2=CCNN2C(C)C)c1C=O. The van der Waals surface area contributed by atoms with E-state index in [1.165, 1.54) is 0 Å². The lowest BCUT2D eigenvalue weighted by Crippen LogP contribution is -2.37. The number of pyridine rings is 3. The summed E-state index contributed by atoms with van der Waals surface area (Å²) in [5.74, 6) is 0.589. The lowest BCUT2D eigenvalue weighted by atomic mass is 10.1. The van der Waals surface area contributed by atoms with Gasteiger partial charge in [-0.1, -0.05) is 12.1 Å². The zero-order valence-corrected chi connectivity index (χ0v) is 24.3. The van der Waals surface area contributed by atoms with Gasteiger partial charge in [0.05, 0.1) is 22.8 Å². The molecule has 0 unspecified atom stereocenters. The molecule has 0 aliphatic carbocycles. The number of aromatic nitrogens is 3. The number of likely N-dealkylation sites (N-methyl/N-ethyl adjacent to an activating group) is 1. The Morgan fingerprint density at radius 1 is 1.02 bits per heavy atom. The maximum absolute atomic E-state index is 12.2. The van der Waals surface area contributed by atoms with E-state index in [1.807, 2.05) is 31.3 Å². The van der Waals surface area contributed by atoms with Crippen LogP contribution in [-0.2, 0) is 13.2 Å². The van der Waals surface area contributed by atoms with Crippen molar-refractivity contribution in [3.8, 4) is 11.6 Å². The zero-order chi connectivity index (χ0) is 29.2. The molecule has 3 aromatic rings. The van der Waals surface area contributed by atoms with E-state index in [-0.39, 0.29) is 36.7 Å². The van der Waals surface area contributed by atoms with Gasteiger partial charge in [-0.25, -0.2) is 10.4 Å². The molecule has 0 aromatic carbocycles. The Balaban J connectivity index is 1.53. The van der Waals surface area contributed by atoms with Crippen LogP contribution in [0.1, 0.15) is 60.6 Å². The summed E-state index contributed by atoms with van der Waals surface area (Å²) < 4.78 is 12.2. The Bertz CT molecular complexity index is 1390. The minimum atomic E-state index is 0.177. The first-order valence-corrected chi connectivity index (χ1v) is 13.8. The number of nitrogens with one attached hydrogen (secondary N) is 3. The van der Waals surface area contributed by atoms with E-state index in [4.69, 9.17) is 9.47 Å². The van der Waals surface area contributed by atoms with Crippen molar-refractivity contribution in [3.63, 3.8) is 0 Å². The van der Waals surface area contributed by atoms with Gasteiger partial charge < -0.3 is 25.1 Å². The van der Waals surface area contributed by atoms with Crippen molar-refractivity contribution in [2.75, 3.05) is 20.1 Å². The molecule has 10 heteroatoms. The Morgan fingerprint density at radius 2 is 1.78 bits per heavy atom. The van der Waals surface area contributed by atoms with Crippen LogP contribution in [0.3, 0.4) is 0 Å². The highest BCUT2D eigenvalue weighted by Crippen LogP contribution is 2.29. The third kappa shape index (κ3) is 7.47. The number of hydrazine groups is 1. The van der Waals surface area contributed by atoms with Gasteiger partial charge in [-0.05, 0) is 65.1 Å². The van der Waals surface area contributed by atoms with Crippen LogP contribution in [0, 0.1) is 0 Å². The topological polar surface area (TPSA) is 114 Å². The van der Waals surface area contributed by atoms with E-state index in [2.05, 4.69) is 75.9 Å². The molecule has 0 spiro atoms. The van der Waals surface area contributed by atoms with E-state index < -0.39 is 0 Å². The number of ether oxygens (including phenoxy) is 2. The minimum absolute atomic E-state index is 0.177. The smallest absolute Gasteiger partial charge is 0.228 e. The summed E-state index contributed by atoms with van der Waals surface area (Å²) in [4.78, 5) is 25.8. The molecule has 1 aliphatic rings. The minimum Gasteiger partial charge on any atom is -0.488 e. The molecular formula is C31H39N7O3. The van der Waals surface area contributed by atoms with Crippen molar-refractivity contribution < 1.29 is 14.3 Å². The number of hydrogen-bond acceptors (Lipinski definition) is 10. The van der Waals surface area contributed by atoms with Gasteiger partial charge in [0.15, 0.2) is 6.29 Å². The number of carbonyl (C=O) groups is 1. The van der Waals surface area contributed by atoms with Gasteiger partial charge in [-0.15, -0.1) is 0 Å². The molecule has 0 atom stereocenters. The van der Waals surface area contributed by atoms with Crippen molar-refractivity contribution in [1.29, 1.82) is 0 Å². The van der Waals surface area contributed by atoms with Crippen LogP contribution < -0.4 is 25.5 Å². The second-order valence-electron chi connectivity index (χ2n) is 10.1. The monoisotopic (exact) mass is 557 g/mol. The molecule has 3 N–H and O–H groups in total. The van der Waals surface area contributed by atoms with Gasteiger partial charge in [0, 0.05) is 54.9 Å². The van der Waals surface area contributed by atoms with Crippen molar-refractivity contribution in [2.24, 2.45) is 0 Å². The first-order chi connectivity index (χ1) is 19.9. The van der Waals surface area contributed by atoms with Gasteiger partial charge in [0.25, 0.3) is 0 Å². The van der Waals surface area contributed by atoms with Crippen molar-refractivity contribution >= 4 is 17.7 Å². The lowest BCUT2D eigenvalue weighted by molar-refractivity contribution is 0.111. The van der Waals surface area contributed by atoms with Gasteiger partial charge in [0.1, 0.15) is 24.5 Å². The first kappa shape index (κ1) is 29.7. The van der Waals surface area contributed by atoms with Gasteiger partial charge >= 0.3 is 0 Å². The van der Waals surface area contributed by atoms with Gasteiger partial charge in [-0.2, -0.15) is 0 Å². The van der Waals surface area contributed by atoms with E-state index in [0.717, 1.165) is 40.5 Å². The van der Waals surface area contributed by atoms with Crippen LogP contribution in [0.5, 0.6) is 11.6 Å². The van der Waals surface area contributed by atoms with Gasteiger partial charge in [0.2, 0.25) is 5.88 Å².